The van der Waals surface area contributed by atoms with Crippen LogP contribution >= 0.6 is 11.8 Å². The van der Waals surface area contributed by atoms with Crippen molar-refractivity contribution in [3.8, 4) is 5.75 Å². The highest BCUT2D eigenvalue weighted by Gasteiger charge is 2.16. The van der Waals surface area contributed by atoms with Gasteiger partial charge in [0.1, 0.15) is 11.4 Å². The third-order valence-electron chi connectivity index (χ3n) is 6.62. The number of carbonyl (C=O) groups excluding carboxylic acids is 3. The number of nitrogens with one attached hydrogen (secondary N) is 2. The Balaban J connectivity index is 1.29. The summed E-state index contributed by atoms with van der Waals surface area (Å²) >= 11 is 1.42. The highest BCUT2D eigenvalue weighted by atomic mass is 32.2. The van der Waals surface area contributed by atoms with Crippen molar-refractivity contribution in [2.45, 2.75) is 11.8 Å². The number of ketones is 1. The van der Waals surface area contributed by atoms with Crippen LogP contribution < -0.4 is 15.4 Å². The van der Waals surface area contributed by atoms with Gasteiger partial charge in [-0.3, -0.25) is 14.4 Å². The molecular weight excluding hydrogens is 556 g/mol. The van der Waals surface area contributed by atoms with E-state index >= 15 is 0 Å². The summed E-state index contributed by atoms with van der Waals surface area (Å²) in [6, 6.07) is 36.8. The van der Waals surface area contributed by atoms with Crippen molar-refractivity contribution in [1.82, 2.24) is 5.32 Å². The monoisotopic (exact) mass is 586 g/mol. The zero-order valence-corrected chi connectivity index (χ0v) is 24.4. The van der Waals surface area contributed by atoms with Crippen LogP contribution in [0.4, 0.5) is 5.69 Å². The number of anilines is 1. The third kappa shape index (κ3) is 7.78. The van der Waals surface area contributed by atoms with E-state index in [1.54, 1.807) is 66.7 Å². The molecule has 7 heteroatoms. The van der Waals surface area contributed by atoms with Gasteiger partial charge in [-0.25, -0.2) is 0 Å². The number of rotatable bonds is 11. The molecule has 0 spiro atoms. The minimum absolute atomic E-state index is 0.0165. The lowest BCUT2D eigenvalue weighted by molar-refractivity contribution is -0.113. The SMILES string of the molecule is CCOc1ccc(C(=O)CSc2ccc(NC(=O)/C(=C/c3cccc4ccccc34)NC(=O)c3ccccc3)cc2)cc1. The highest BCUT2D eigenvalue weighted by molar-refractivity contribution is 8.00. The van der Waals surface area contributed by atoms with Crippen LogP contribution in [0.3, 0.4) is 0 Å². The van der Waals surface area contributed by atoms with E-state index in [0.29, 0.717) is 23.4 Å². The molecule has 2 N–H and O–H groups in total. The van der Waals surface area contributed by atoms with Gasteiger partial charge in [0, 0.05) is 21.7 Å². The van der Waals surface area contributed by atoms with Crippen LogP contribution in [0.15, 0.2) is 132 Å². The Hall–Kier alpha value is -5.14. The minimum atomic E-state index is -0.455. The summed E-state index contributed by atoms with van der Waals surface area (Å²) < 4.78 is 5.44. The highest BCUT2D eigenvalue weighted by Crippen LogP contribution is 2.24. The van der Waals surface area contributed by atoms with Crippen molar-refractivity contribution in [2.24, 2.45) is 0 Å². The number of hydrogen-bond donors (Lipinski definition) is 2. The van der Waals surface area contributed by atoms with Crippen molar-refractivity contribution >= 4 is 51.9 Å². The fourth-order valence-electron chi connectivity index (χ4n) is 4.44. The van der Waals surface area contributed by atoms with Crippen LogP contribution in [0.2, 0.25) is 0 Å². The van der Waals surface area contributed by atoms with Gasteiger partial charge in [0.15, 0.2) is 5.78 Å². The molecule has 0 radical (unpaired) electrons. The van der Waals surface area contributed by atoms with E-state index in [0.717, 1.165) is 27.0 Å². The quantitative estimate of drug-likeness (QED) is 0.0945. The van der Waals surface area contributed by atoms with Crippen LogP contribution in [0, 0.1) is 0 Å². The first-order valence-electron chi connectivity index (χ1n) is 13.9. The topological polar surface area (TPSA) is 84.5 Å². The lowest BCUT2D eigenvalue weighted by Gasteiger charge is -2.12. The molecular formula is C36H30N2O4S. The van der Waals surface area contributed by atoms with Crippen molar-refractivity contribution in [2.75, 3.05) is 17.7 Å². The second-order valence-corrected chi connectivity index (χ2v) is 10.6. The molecule has 2 amide bonds. The Bertz CT molecular complexity index is 1760. The van der Waals surface area contributed by atoms with Gasteiger partial charge >= 0.3 is 0 Å². The normalized spacial score (nSPS) is 11.1. The Morgan fingerprint density at radius 1 is 0.744 bits per heavy atom. The molecule has 0 bridgehead atoms. The lowest BCUT2D eigenvalue weighted by Crippen LogP contribution is -2.30. The third-order valence-corrected chi connectivity index (χ3v) is 7.63. The standard InChI is InChI=1S/C36H30N2O4S/c1-2-42-30-19-15-26(16-20-30)34(39)24-43-31-21-17-29(18-22-31)37-36(41)33(38-35(40)27-10-4-3-5-11-27)23-28-13-8-12-25-9-6-7-14-32(25)28/h3-23H,2,24H2,1H3,(H,37,41)(H,38,40)/b33-23-. The summed E-state index contributed by atoms with van der Waals surface area (Å²) in [5, 5.41) is 7.68. The minimum Gasteiger partial charge on any atom is -0.494 e. The van der Waals surface area contributed by atoms with Gasteiger partial charge < -0.3 is 15.4 Å². The zero-order valence-electron chi connectivity index (χ0n) is 23.6. The van der Waals surface area contributed by atoms with Gasteiger partial charge in [-0.1, -0.05) is 60.7 Å². The van der Waals surface area contributed by atoms with Crippen molar-refractivity contribution < 1.29 is 19.1 Å². The first-order valence-corrected chi connectivity index (χ1v) is 14.8. The molecule has 0 saturated heterocycles. The molecule has 0 aliphatic carbocycles. The smallest absolute Gasteiger partial charge is 0.272 e. The maximum atomic E-state index is 13.5. The van der Waals surface area contributed by atoms with Gasteiger partial charge in [0.2, 0.25) is 0 Å². The maximum Gasteiger partial charge on any atom is 0.272 e. The average Bonchev–Trinajstić information content (AvgIpc) is 3.05. The van der Waals surface area contributed by atoms with Crippen LogP contribution in [-0.4, -0.2) is 30.0 Å². The van der Waals surface area contributed by atoms with Gasteiger partial charge in [-0.05, 0) is 90.0 Å². The second kappa shape index (κ2) is 14.2. The van der Waals surface area contributed by atoms with Crippen LogP contribution in [-0.2, 0) is 4.79 Å². The Kier molecular flexibility index (Phi) is 9.67. The lowest BCUT2D eigenvalue weighted by atomic mass is 10.0. The van der Waals surface area contributed by atoms with Crippen molar-refractivity contribution in [1.29, 1.82) is 0 Å². The first-order chi connectivity index (χ1) is 21.0. The summed E-state index contributed by atoms with van der Waals surface area (Å²) in [4.78, 5) is 40.0. The van der Waals surface area contributed by atoms with E-state index in [-0.39, 0.29) is 23.1 Å². The number of Topliss-reactive ketones (excluding diaryl/α,β-unsaturated/α-hetero) is 1. The number of carbonyl (C=O) groups is 3. The van der Waals surface area contributed by atoms with E-state index in [9.17, 15) is 14.4 Å². The largest absolute Gasteiger partial charge is 0.494 e. The summed E-state index contributed by atoms with van der Waals surface area (Å²) in [7, 11) is 0. The Morgan fingerprint density at radius 3 is 2.19 bits per heavy atom. The Morgan fingerprint density at radius 2 is 1.44 bits per heavy atom. The summed E-state index contributed by atoms with van der Waals surface area (Å²) in [6.07, 6.45) is 1.69. The van der Waals surface area contributed by atoms with E-state index < -0.39 is 5.91 Å². The molecule has 214 valence electrons. The fraction of sp³-hybridized carbons (Fsp3) is 0.0833. The molecule has 43 heavy (non-hydrogen) atoms. The summed E-state index contributed by atoms with van der Waals surface area (Å²) in [5.41, 5.74) is 2.55. The number of amides is 2. The van der Waals surface area contributed by atoms with Crippen LogP contribution in [0.1, 0.15) is 33.2 Å². The van der Waals surface area contributed by atoms with E-state index in [1.807, 2.05) is 67.6 Å². The molecule has 5 rings (SSSR count). The molecule has 0 aliphatic rings. The molecule has 0 atom stereocenters. The van der Waals surface area contributed by atoms with Gasteiger partial charge in [-0.2, -0.15) is 0 Å². The summed E-state index contributed by atoms with van der Waals surface area (Å²) in [6.45, 7) is 2.49. The first kappa shape index (κ1) is 29.4. The molecule has 0 fully saturated rings. The number of benzene rings is 5. The van der Waals surface area contributed by atoms with E-state index in [2.05, 4.69) is 10.6 Å². The maximum absolute atomic E-state index is 13.5. The van der Waals surface area contributed by atoms with Gasteiger partial charge in [0.25, 0.3) is 11.8 Å². The molecule has 5 aromatic rings. The molecule has 6 nitrogen and oxygen atoms in total. The predicted octanol–water partition coefficient (Wildman–Crippen LogP) is 7.62. The molecule has 5 aromatic carbocycles. The predicted molar refractivity (Wildman–Crippen MR) is 174 cm³/mol. The number of thioether (sulfide) groups is 1. The zero-order chi connectivity index (χ0) is 30.0. The Labute approximate surface area is 254 Å². The van der Waals surface area contributed by atoms with Crippen molar-refractivity contribution in [3.05, 3.63) is 144 Å². The van der Waals surface area contributed by atoms with E-state index in [4.69, 9.17) is 4.74 Å². The molecule has 0 heterocycles. The van der Waals surface area contributed by atoms with E-state index in [1.165, 1.54) is 11.8 Å². The second-order valence-electron chi connectivity index (χ2n) is 9.59. The molecule has 0 unspecified atom stereocenters. The molecule has 0 aromatic heterocycles. The average molecular weight is 587 g/mol. The number of hydrogen-bond acceptors (Lipinski definition) is 5. The number of ether oxygens (including phenoxy) is 1. The van der Waals surface area contributed by atoms with Gasteiger partial charge in [-0.15, -0.1) is 11.8 Å². The fourth-order valence-corrected chi connectivity index (χ4v) is 5.24. The van der Waals surface area contributed by atoms with Crippen LogP contribution in [0.25, 0.3) is 16.8 Å². The summed E-state index contributed by atoms with van der Waals surface area (Å²) in [5.74, 6) is 0.194. The van der Waals surface area contributed by atoms with Crippen molar-refractivity contribution in [3.63, 3.8) is 0 Å². The molecule has 0 aliphatic heterocycles. The molecule has 0 saturated carbocycles. The van der Waals surface area contributed by atoms with Crippen LogP contribution in [0.5, 0.6) is 5.75 Å². The number of fused-ring (bicyclic) bond motifs is 1. The van der Waals surface area contributed by atoms with Gasteiger partial charge in [0.05, 0.1) is 12.4 Å².